The fourth-order valence-corrected chi connectivity index (χ4v) is 1.77. The summed E-state index contributed by atoms with van der Waals surface area (Å²) in [5, 5.41) is 2.84. The van der Waals surface area contributed by atoms with Gasteiger partial charge in [-0.2, -0.15) is 0 Å². The number of aromatic nitrogens is 3. The van der Waals surface area contributed by atoms with Crippen molar-refractivity contribution < 1.29 is 14.3 Å². The molecule has 0 spiro atoms. The number of ether oxygens (including phenoxy) is 2. The van der Waals surface area contributed by atoms with Gasteiger partial charge >= 0.3 is 6.09 Å². The van der Waals surface area contributed by atoms with Crippen LogP contribution in [0.4, 0.5) is 10.6 Å². The first-order valence-electron chi connectivity index (χ1n) is 8.12. The van der Waals surface area contributed by atoms with Gasteiger partial charge in [-0.15, -0.1) is 0 Å². The van der Waals surface area contributed by atoms with Crippen LogP contribution < -0.4 is 15.8 Å². The van der Waals surface area contributed by atoms with Gasteiger partial charge in [-0.3, -0.25) is 5.32 Å². The molecule has 3 N–H and O–H groups in total. The third-order valence-electron chi connectivity index (χ3n) is 3.11. The van der Waals surface area contributed by atoms with Crippen LogP contribution in [0, 0.1) is 0 Å². The molecule has 2 rings (SSSR count). The Balaban J connectivity index is 0.000000597. The highest BCUT2D eigenvalue weighted by Gasteiger charge is 2.09. The Labute approximate surface area is 158 Å². The van der Waals surface area contributed by atoms with E-state index in [0.717, 1.165) is 6.42 Å². The molecule has 2 aromatic rings. The summed E-state index contributed by atoms with van der Waals surface area (Å²) in [5.41, 5.74) is 6.53. The zero-order chi connectivity index (χ0) is 19.5. The maximum Gasteiger partial charge on any atom is 0.412 e. The molecule has 0 fully saturated rings. The predicted molar refractivity (Wildman–Crippen MR) is 101 cm³/mol. The first kappa shape index (κ1) is 21.6. The Morgan fingerprint density at radius 3 is 2.54 bits per heavy atom. The van der Waals surface area contributed by atoms with Gasteiger partial charge in [-0.05, 0) is 26.3 Å². The monoisotopic (exact) mass is 381 g/mol. The van der Waals surface area contributed by atoms with Gasteiger partial charge in [0, 0.05) is 23.9 Å². The van der Waals surface area contributed by atoms with Crippen LogP contribution in [0.3, 0.4) is 0 Å². The molecule has 2 heterocycles. The number of nitrogens with two attached hydrogens (primary N) is 1. The maximum absolute atomic E-state index is 11.2. The van der Waals surface area contributed by atoms with Crippen LogP contribution in [-0.2, 0) is 4.74 Å². The van der Waals surface area contributed by atoms with E-state index in [1.165, 1.54) is 13.4 Å². The van der Waals surface area contributed by atoms with Gasteiger partial charge in [0.2, 0.25) is 5.88 Å². The number of pyridine rings is 1. The van der Waals surface area contributed by atoms with Gasteiger partial charge in [-0.25, -0.2) is 19.7 Å². The van der Waals surface area contributed by atoms with Crippen molar-refractivity contribution in [2.24, 2.45) is 5.73 Å². The molecule has 0 aliphatic rings. The summed E-state index contributed by atoms with van der Waals surface area (Å²) in [7, 11) is 1.27. The van der Waals surface area contributed by atoms with Crippen LogP contribution in [0.5, 0.6) is 5.88 Å². The van der Waals surface area contributed by atoms with E-state index < -0.39 is 6.09 Å². The Hall–Kier alpha value is -2.45. The summed E-state index contributed by atoms with van der Waals surface area (Å²) in [6.07, 6.45) is 3.38. The Kier molecular flexibility index (Phi) is 9.32. The standard InChI is InChI=1S/C13H13ClN4O3.C4H11N/c1-3-21-12-9(14)4-8(6-15-12)10-5-11(17-7-16-10)18-13(19)20-2;1-3-4(2)5/h4-7H,3H2,1-2H3,(H,16,17,18,19);4H,3,5H2,1-2H3. The molecule has 2 aromatic heterocycles. The van der Waals surface area contributed by atoms with Crippen LogP contribution in [0.15, 0.2) is 24.7 Å². The molecule has 142 valence electrons. The maximum atomic E-state index is 11.2. The normalized spacial score (nSPS) is 11.0. The van der Waals surface area contributed by atoms with E-state index in [0.29, 0.717) is 40.6 Å². The molecule has 9 heteroatoms. The van der Waals surface area contributed by atoms with Crippen LogP contribution in [0.1, 0.15) is 27.2 Å². The molecule has 1 atom stereocenters. The van der Waals surface area contributed by atoms with E-state index >= 15 is 0 Å². The second-order valence-corrected chi connectivity index (χ2v) is 5.64. The van der Waals surface area contributed by atoms with Gasteiger partial charge in [-0.1, -0.05) is 18.5 Å². The molecule has 1 unspecified atom stereocenters. The molecule has 8 nitrogen and oxygen atoms in total. The largest absolute Gasteiger partial charge is 0.477 e. The first-order valence-corrected chi connectivity index (χ1v) is 8.50. The van der Waals surface area contributed by atoms with Crippen molar-refractivity contribution in [3.05, 3.63) is 29.7 Å². The summed E-state index contributed by atoms with van der Waals surface area (Å²) < 4.78 is 9.77. The molecule has 26 heavy (non-hydrogen) atoms. The number of hydrogen-bond donors (Lipinski definition) is 2. The number of amides is 1. The smallest absolute Gasteiger partial charge is 0.412 e. The van der Waals surface area contributed by atoms with Gasteiger partial charge in [0.05, 0.1) is 19.4 Å². The van der Waals surface area contributed by atoms with Gasteiger partial charge in [0.15, 0.2) is 0 Å². The molecule has 0 aliphatic heterocycles. The minimum atomic E-state index is -0.609. The van der Waals surface area contributed by atoms with Crippen molar-refractivity contribution in [3.63, 3.8) is 0 Å². The van der Waals surface area contributed by atoms with Crippen molar-refractivity contribution >= 4 is 23.5 Å². The summed E-state index contributed by atoms with van der Waals surface area (Å²) in [5.74, 6) is 0.682. The molecule has 0 aliphatic carbocycles. The van der Waals surface area contributed by atoms with Gasteiger partial charge < -0.3 is 15.2 Å². The average molecular weight is 382 g/mol. The summed E-state index contributed by atoms with van der Waals surface area (Å²) in [4.78, 5) is 23.3. The molecule has 0 aromatic carbocycles. The first-order chi connectivity index (χ1) is 12.4. The molecule has 0 saturated heterocycles. The van der Waals surface area contributed by atoms with Gasteiger partial charge in [0.25, 0.3) is 0 Å². The van der Waals surface area contributed by atoms with E-state index in [2.05, 4.69) is 31.9 Å². The number of halogens is 1. The Bertz CT molecular complexity index is 713. The van der Waals surface area contributed by atoms with E-state index in [1.54, 1.807) is 18.3 Å². The quantitative estimate of drug-likeness (QED) is 0.814. The van der Waals surface area contributed by atoms with Crippen molar-refractivity contribution in [2.45, 2.75) is 33.2 Å². The van der Waals surface area contributed by atoms with Crippen molar-refractivity contribution in [2.75, 3.05) is 19.0 Å². The van der Waals surface area contributed by atoms with Crippen molar-refractivity contribution in [1.82, 2.24) is 15.0 Å². The highest BCUT2D eigenvalue weighted by molar-refractivity contribution is 6.32. The van der Waals surface area contributed by atoms with Crippen LogP contribution >= 0.6 is 11.6 Å². The molecule has 0 bridgehead atoms. The minimum absolute atomic E-state index is 0.317. The highest BCUT2D eigenvalue weighted by atomic mass is 35.5. The second kappa shape index (κ2) is 11.2. The number of rotatable bonds is 5. The number of hydrogen-bond acceptors (Lipinski definition) is 7. The Morgan fingerprint density at radius 1 is 1.31 bits per heavy atom. The second-order valence-electron chi connectivity index (χ2n) is 5.23. The summed E-state index contributed by atoms with van der Waals surface area (Å²) in [6.45, 7) is 6.40. The lowest BCUT2D eigenvalue weighted by Crippen LogP contribution is -2.12. The SMILES string of the molecule is CCC(C)N.CCOc1ncc(-c2cc(NC(=O)OC)ncn2)cc1Cl. The lowest BCUT2D eigenvalue weighted by atomic mass is 10.2. The van der Waals surface area contributed by atoms with E-state index in [4.69, 9.17) is 22.1 Å². The third kappa shape index (κ3) is 7.20. The molecular formula is C17H24ClN5O3. The zero-order valence-electron chi connectivity index (χ0n) is 15.3. The topological polar surface area (TPSA) is 112 Å². The summed E-state index contributed by atoms with van der Waals surface area (Å²) >= 11 is 6.08. The van der Waals surface area contributed by atoms with Crippen molar-refractivity contribution in [3.8, 4) is 17.1 Å². The van der Waals surface area contributed by atoms with E-state index in [9.17, 15) is 4.79 Å². The minimum Gasteiger partial charge on any atom is -0.477 e. The molecule has 0 radical (unpaired) electrons. The van der Waals surface area contributed by atoms with Crippen LogP contribution in [0.25, 0.3) is 11.3 Å². The average Bonchev–Trinajstić information content (AvgIpc) is 2.64. The number of anilines is 1. The highest BCUT2D eigenvalue weighted by Crippen LogP contribution is 2.27. The van der Waals surface area contributed by atoms with E-state index in [1.807, 2.05) is 13.8 Å². The lowest BCUT2D eigenvalue weighted by Gasteiger charge is -2.07. The number of carbonyl (C=O) groups excluding carboxylic acids is 1. The Morgan fingerprint density at radius 2 is 2.00 bits per heavy atom. The van der Waals surface area contributed by atoms with Gasteiger partial charge in [0.1, 0.15) is 17.2 Å². The lowest BCUT2D eigenvalue weighted by molar-refractivity contribution is 0.187. The van der Waals surface area contributed by atoms with Crippen LogP contribution in [0.2, 0.25) is 5.02 Å². The number of methoxy groups -OCH3 is 1. The molecule has 1 amide bonds. The summed E-state index contributed by atoms with van der Waals surface area (Å²) in [6, 6.07) is 3.66. The molecular weight excluding hydrogens is 358 g/mol. The fourth-order valence-electron chi connectivity index (χ4n) is 1.55. The fraction of sp³-hybridized carbons (Fsp3) is 0.412. The van der Waals surface area contributed by atoms with E-state index in [-0.39, 0.29) is 0 Å². The van der Waals surface area contributed by atoms with Crippen LogP contribution in [-0.4, -0.2) is 40.8 Å². The third-order valence-corrected chi connectivity index (χ3v) is 3.38. The predicted octanol–water partition coefficient (Wildman–Crippen LogP) is 3.51. The number of nitrogens with zero attached hydrogens (tertiary/aromatic N) is 3. The molecule has 0 saturated carbocycles. The van der Waals surface area contributed by atoms with Crippen molar-refractivity contribution in [1.29, 1.82) is 0 Å². The zero-order valence-corrected chi connectivity index (χ0v) is 16.1. The number of carbonyl (C=O) groups is 1. The number of nitrogens with one attached hydrogen (secondary N) is 1.